The third-order valence-corrected chi connectivity index (χ3v) is 4.72. The Morgan fingerprint density at radius 1 is 0.880 bits per heavy atom. The first kappa shape index (κ1) is 17.6. The fraction of sp³-hybridized carbons (Fsp3) is 0.300. The van der Waals surface area contributed by atoms with E-state index in [1.807, 2.05) is 35.2 Å². The molecule has 1 aliphatic heterocycles. The molecule has 0 bridgehead atoms. The number of nitrogens with zero attached hydrogens (tertiary/aromatic N) is 2. The van der Waals surface area contributed by atoms with E-state index in [-0.39, 0.29) is 11.7 Å². The molecule has 0 N–H and O–H groups in total. The third-order valence-electron chi connectivity index (χ3n) is 4.48. The number of hydrogen-bond donors (Lipinski definition) is 0. The van der Waals surface area contributed by atoms with Gasteiger partial charge in [-0.2, -0.15) is 0 Å². The van der Waals surface area contributed by atoms with Gasteiger partial charge in [-0.05, 0) is 18.2 Å². The molecule has 5 heteroatoms. The van der Waals surface area contributed by atoms with Gasteiger partial charge < -0.3 is 4.90 Å². The second-order valence-corrected chi connectivity index (χ2v) is 6.62. The zero-order valence-electron chi connectivity index (χ0n) is 14.0. The van der Waals surface area contributed by atoms with E-state index in [0.717, 1.165) is 25.2 Å². The van der Waals surface area contributed by atoms with Crippen LogP contribution in [0.2, 0.25) is 5.02 Å². The van der Waals surface area contributed by atoms with Crippen LogP contribution in [0.3, 0.4) is 0 Å². The monoisotopic (exact) mass is 356 g/mol. The lowest BCUT2D eigenvalue weighted by Crippen LogP contribution is -2.49. The Labute approximate surface area is 153 Å². The van der Waals surface area contributed by atoms with Gasteiger partial charge in [-0.1, -0.05) is 48.0 Å². The number of benzene rings is 2. The minimum absolute atomic E-state index is 0.0162. The molecule has 130 valence electrons. The lowest BCUT2D eigenvalue weighted by atomic mass is 10.1. The number of Topliss-reactive ketones (excluding diaryl/α,β-unsaturated/α-hetero) is 1. The Balaban J connectivity index is 1.47. The van der Waals surface area contributed by atoms with Gasteiger partial charge >= 0.3 is 0 Å². The number of hydrogen-bond acceptors (Lipinski definition) is 3. The van der Waals surface area contributed by atoms with Crippen molar-refractivity contribution in [2.45, 2.75) is 6.42 Å². The van der Waals surface area contributed by atoms with Crippen LogP contribution >= 0.6 is 11.6 Å². The molecule has 2 aromatic carbocycles. The highest BCUT2D eigenvalue weighted by atomic mass is 35.5. The summed E-state index contributed by atoms with van der Waals surface area (Å²) in [6, 6.07) is 16.4. The average molecular weight is 357 g/mol. The molecular weight excluding hydrogens is 336 g/mol. The molecule has 0 spiro atoms. The molecule has 2 aromatic rings. The summed E-state index contributed by atoms with van der Waals surface area (Å²) in [5.74, 6) is 0.181. The number of rotatable bonds is 5. The van der Waals surface area contributed by atoms with Crippen molar-refractivity contribution in [2.24, 2.45) is 0 Å². The Hall–Kier alpha value is -2.17. The van der Waals surface area contributed by atoms with E-state index in [1.165, 1.54) is 0 Å². The van der Waals surface area contributed by atoms with Crippen molar-refractivity contribution in [3.63, 3.8) is 0 Å². The quantitative estimate of drug-likeness (QED) is 0.771. The van der Waals surface area contributed by atoms with Gasteiger partial charge in [0.25, 0.3) is 5.91 Å². The minimum Gasteiger partial charge on any atom is -0.336 e. The van der Waals surface area contributed by atoms with Gasteiger partial charge in [0.1, 0.15) is 0 Å². The first-order valence-electron chi connectivity index (χ1n) is 8.49. The largest absolute Gasteiger partial charge is 0.336 e. The second kappa shape index (κ2) is 8.28. The molecule has 0 radical (unpaired) electrons. The van der Waals surface area contributed by atoms with Gasteiger partial charge in [-0.15, -0.1) is 0 Å². The number of piperazine rings is 1. The van der Waals surface area contributed by atoms with Crippen LogP contribution in [0.15, 0.2) is 54.6 Å². The summed E-state index contributed by atoms with van der Waals surface area (Å²) in [5, 5.41) is 0.573. The molecule has 1 amide bonds. The highest BCUT2D eigenvalue weighted by molar-refractivity contribution is 6.30. The average Bonchev–Trinajstić information content (AvgIpc) is 2.66. The molecule has 1 aliphatic rings. The van der Waals surface area contributed by atoms with Crippen LogP contribution in [0.4, 0.5) is 0 Å². The second-order valence-electron chi connectivity index (χ2n) is 6.18. The number of carbonyl (C=O) groups excluding carboxylic acids is 2. The predicted octanol–water partition coefficient (Wildman–Crippen LogP) is 3.37. The standard InChI is InChI=1S/C20H21ClN2O2/c21-18-8-4-7-17(15-18)20(25)23-13-11-22(12-14-23)10-9-19(24)16-5-2-1-3-6-16/h1-8,15H,9-14H2. The molecule has 3 rings (SSSR count). The van der Waals surface area contributed by atoms with Gasteiger partial charge in [0.05, 0.1) is 0 Å². The van der Waals surface area contributed by atoms with Gasteiger partial charge in [-0.25, -0.2) is 0 Å². The molecule has 0 aliphatic carbocycles. The molecule has 0 aromatic heterocycles. The van der Waals surface area contributed by atoms with E-state index in [9.17, 15) is 9.59 Å². The Morgan fingerprint density at radius 2 is 1.56 bits per heavy atom. The molecule has 1 fully saturated rings. The molecule has 0 saturated carbocycles. The van der Waals surface area contributed by atoms with Crippen LogP contribution < -0.4 is 0 Å². The zero-order valence-corrected chi connectivity index (χ0v) is 14.8. The first-order chi connectivity index (χ1) is 12.1. The van der Waals surface area contributed by atoms with E-state index in [0.29, 0.717) is 30.1 Å². The fourth-order valence-electron chi connectivity index (χ4n) is 3.01. The summed E-state index contributed by atoms with van der Waals surface area (Å²) in [6.45, 7) is 3.64. The maximum Gasteiger partial charge on any atom is 0.253 e. The summed E-state index contributed by atoms with van der Waals surface area (Å²) in [6.07, 6.45) is 0.506. The Kier molecular flexibility index (Phi) is 5.84. The molecule has 1 saturated heterocycles. The van der Waals surface area contributed by atoms with Crippen molar-refractivity contribution in [2.75, 3.05) is 32.7 Å². The van der Waals surface area contributed by atoms with Crippen molar-refractivity contribution in [1.82, 2.24) is 9.80 Å². The summed E-state index contributed by atoms with van der Waals surface area (Å²) < 4.78 is 0. The zero-order chi connectivity index (χ0) is 17.6. The summed E-state index contributed by atoms with van der Waals surface area (Å²) in [5.41, 5.74) is 1.39. The maximum absolute atomic E-state index is 12.5. The fourth-order valence-corrected chi connectivity index (χ4v) is 3.20. The van der Waals surface area contributed by atoms with Gasteiger partial charge in [0, 0.05) is 55.3 Å². The van der Waals surface area contributed by atoms with E-state index in [2.05, 4.69) is 4.90 Å². The van der Waals surface area contributed by atoms with Gasteiger partial charge in [-0.3, -0.25) is 14.5 Å². The van der Waals surface area contributed by atoms with Crippen LogP contribution in [-0.2, 0) is 0 Å². The summed E-state index contributed by atoms with van der Waals surface area (Å²) in [7, 11) is 0. The smallest absolute Gasteiger partial charge is 0.253 e. The van der Waals surface area contributed by atoms with Crippen LogP contribution in [0.25, 0.3) is 0 Å². The van der Waals surface area contributed by atoms with Crippen LogP contribution in [0.1, 0.15) is 27.1 Å². The van der Waals surface area contributed by atoms with Crippen molar-refractivity contribution in [1.29, 1.82) is 0 Å². The molecule has 1 heterocycles. The number of carbonyl (C=O) groups is 2. The topological polar surface area (TPSA) is 40.6 Å². The third kappa shape index (κ3) is 4.68. The molecule has 25 heavy (non-hydrogen) atoms. The molecule has 0 atom stereocenters. The van der Waals surface area contributed by atoms with Gasteiger partial charge in [0.2, 0.25) is 0 Å². The highest BCUT2D eigenvalue weighted by Gasteiger charge is 2.22. The first-order valence-corrected chi connectivity index (χ1v) is 8.87. The maximum atomic E-state index is 12.5. The van der Waals surface area contributed by atoms with Gasteiger partial charge in [0.15, 0.2) is 5.78 Å². The normalized spacial score (nSPS) is 15.2. The number of ketones is 1. The minimum atomic E-state index is 0.0162. The number of amides is 1. The van der Waals surface area contributed by atoms with Crippen LogP contribution in [-0.4, -0.2) is 54.2 Å². The SMILES string of the molecule is O=C(CCN1CCN(C(=O)c2cccc(Cl)c2)CC1)c1ccccc1. The van der Waals surface area contributed by atoms with Crippen molar-refractivity contribution in [3.8, 4) is 0 Å². The Bertz CT molecular complexity index is 740. The van der Waals surface area contributed by atoms with Crippen molar-refractivity contribution < 1.29 is 9.59 Å². The van der Waals surface area contributed by atoms with E-state index in [4.69, 9.17) is 11.6 Å². The van der Waals surface area contributed by atoms with Crippen LogP contribution in [0.5, 0.6) is 0 Å². The summed E-state index contributed by atoms with van der Waals surface area (Å²) in [4.78, 5) is 28.8. The van der Waals surface area contributed by atoms with Crippen LogP contribution in [0, 0.1) is 0 Å². The molecular formula is C20H21ClN2O2. The lowest BCUT2D eigenvalue weighted by molar-refractivity contribution is 0.0628. The molecule has 0 unspecified atom stereocenters. The Morgan fingerprint density at radius 3 is 2.24 bits per heavy atom. The predicted molar refractivity (Wildman–Crippen MR) is 99.2 cm³/mol. The molecule has 4 nitrogen and oxygen atoms in total. The van der Waals surface area contributed by atoms with E-state index < -0.39 is 0 Å². The highest BCUT2D eigenvalue weighted by Crippen LogP contribution is 2.14. The van der Waals surface area contributed by atoms with E-state index in [1.54, 1.807) is 24.3 Å². The van der Waals surface area contributed by atoms with Crippen molar-refractivity contribution in [3.05, 3.63) is 70.7 Å². The summed E-state index contributed by atoms with van der Waals surface area (Å²) >= 11 is 5.96. The van der Waals surface area contributed by atoms with E-state index >= 15 is 0 Å². The lowest BCUT2D eigenvalue weighted by Gasteiger charge is -2.34. The van der Waals surface area contributed by atoms with Crippen molar-refractivity contribution >= 4 is 23.3 Å². The number of halogens is 1.